The normalized spacial score (nSPS) is 16.6. The molecule has 7 nitrogen and oxygen atoms in total. The second-order valence-corrected chi connectivity index (χ2v) is 7.05. The molecule has 1 fully saturated rings. The van der Waals surface area contributed by atoms with Crippen molar-refractivity contribution >= 4 is 23.4 Å². The van der Waals surface area contributed by atoms with E-state index in [4.69, 9.17) is 4.74 Å². The minimum atomic E-state index is -0.934. The van der Waals surface area contributed by atoms with Crippen molar-refractivity contribution in [2.45, 2.75) is 26.2 Å². The van der Waals surface area contributed by atoms with E-state index in [0.717, 1.165) is 37.4 Å². The number of H-pyrrole nitrogens is 1. The number of carboxylic acid groups (broad SMARTS) is 1. The highest BCUT2D eigenvalue weighted by Gasteiger charge is 2.27. The maximum Gasteiger partial charge on any atom is 0.335 e. The van der Waals surface area contributed by atoms with Crippen LogP contribution in [0.5, 0.6) is 5.75 Å². The smallest absolute Gasteiger partial charge is 0.335 e. The number of carboxylic acids is 1. The lowest BCUT2D eigenvalue weighted by Gasteiger charge is -2.29. The van der Waals surface area contributed by atoms with Gasteiger partial charge in [-0.3, -0.25) is 4.79 Å². The number of likely N-dealkylation sites (tertiary alicyclic amines) is 1. The summed E-state index contributed by atoms with van der Waals surface area (Å²) >= 11 is 0. The number of aromatic nitrogens is 1. The van der Waals surface area contributed by atoms with Crippen LogP contribution in [0, 0.1) is 6.92 Å². The fraction of sp³-hybridized carbons (Fsp3) is 0.400. The van der Waals surface area contributed by atoms with Crippen molar-refractivity contribution in [2.75, 3.05) is 31.1 Å². The van der Waals surface area contributed by atoms with E-state index in [1.165, 1.54) is 6.42 Å². The Labute approximate surface area is 157 Å². The Hall–Kier alpha value is -2.96. The first-order valence-corrected chi connectivity index (χ1v) is 9.31. The number of carbonyl (C=O) groups excluding carboxylic acids is 1. The quantitative estimate of drug-likeness (QED) is 0.868. The highest BCUT2D eigenvalue weighted by molar-refractivity contribution is 5.95. The summed E-state index contributed by atoms with van der Waals surface area (Å²) < 4.78 is 5.75. The number of piperidine rings is 1. The van der Waals surface area contributed by atoms with Gasteiger partial charge >= 0.3 is 5.97 Å². The number of hydrogen-bond donors (Lipinski definition) is 2. The van der Waals surface area contributed by atoms with Gasteiger partial charge in [0.2, 0.25) is 0 Å². The van der Waals surface area contributed by atoms with Gasteiger partial charge < -0.3 is 24.6 Å². The monoisotopic (exact) mass is 369 g/mol. The first kappa shape index (κ1) is 17.5. The van der Waals surface area contributed by atoms with Gasteiger partial charge in [0, 0.05) is 24.8 Å². The lowest BCUT2D eigenvalue weighted by atomic mass is 10.1. The topological polar surface area (TPSA) is 85.9 Å². The highest BCUT2D eigenvalue weighted by atomic mass is 16.5. The molecule has 1 amide bonds. The molecule has 0 atom stereocenters. The first-order valence-electron chi connectivity index (χ1n) is 9.31. The average Bonchev–Trinajstić information content (AvgIpc) is 3.12. The second-order valence-electron chi connectivity index (χ2n) is 7.05. The van der Waals surface area contributed by atoms with Crippen molar-refractivity contribution < 1.29 is 19.4 Å². The standard InChI is InChI=1S/C20H23N3O4/c1-13-11-14(5-6-15(13)20(25)26)23-9-10-27-17-12-16(21-18(17)23)19(24)22-7-3-2-4-8-22/h5-6,11-12,21H,2-4,7-10H2,1H3,(H,25,26). The van der Waals surface area contributed by atoms with Crippen LogP contribution in [0.25, 0.3) is 0 Å². The number of benzene rings is 1. The summed E-state index contributed by atoms with van der Waals surface area (Å²) in [5.41, 5.74) is 2.40. The van der Waals surface area contributed by atoms with E-state index >= 15 is 0 Å². The molecule has 2 aromatic rings. The maximum absolute atomic E-state index is 12.8. The minimum Gasteiger partial charge on any atom is -0.488 e. The summed E-state index contributed by atoms with van der Waals surface area (Å²) in [5, 5.41) is 9.23. The highest BCUT2D eigenvalue weighted by Crippen LogP contribution is 2.37. The number of nitrogens with one attached hydrogen (secondary N) is 1. The Morgan fingerprint density at radius 3 is 2.59 bits per heavy atom. The zero-order chi connectivity index (χ0) is 19.0. The molecule has 2 aliphatic heterocycles. The molecule has 7 heteroatoms. The number of aromatic carboxylic acids is 1. The Bertz CT molecular complexity index is 883. The molecule has 3 heterocycles. The molecule has 2 aliphatic rings. The fourth-order valence-corrected chi connectivity index (χ4v) is 3.79. The van der Waals surface area contributed by atoms with Crippen molar-refractivity contribution in [1.29, 1.82) is 0 Å². The first-order chi connectivity index (χ1) is 13.0. The van der Waals surface area contributed by atoms with Crippen LogP contribution in [0.4, 0.5) is 11.5 Å². The fourth-order valence-electron chi connectivity index (χ4n) is 3.79. The van der Waals surface area contributed by atoms with Gasteiger partial charge in [-0.15, -0.1) is 0 Å². The summed E-state index contributed by atoms with van der Waals surface area (Å²) in [6, 6.07) is 7.03. The minimum absolute atomic E-state index is 0.00468. The number of amides is 1. The molecular weight excluding hydrogens is 346 g/mol. The van der Waals surface area contributed by atoms with E-state index < -0.39 is 5.97 Å². The van der Waals surface area contributed by atoms with Crippen LogP contribution in [0.2, 0.25) is 0 Å². The van der Waals surface area contributed by atoms with E-state index in [2.05, 4.69) is 4.98 Å². The molecule has 1 saturated heterocycles. The predicted molar refractivity (Wildman–Crippen MR) is 101 cm³/mol. The van der Waals surface area contributed by atoms with Gasteiger partial charge in [-0.25, -0.2) is 4.79 Å². The lowest BCUT2D eigenvalue weighted by molar-refractivity contribution is 0.0693. The van der Waals surface area contributed by atoms with Crippen LogP contribution < -0.4 is 9.64 Å². The summed E-state index contributed by atoms with van der Waals surface area (Å²) in [6.07, 6.45) is 3.27. The number of aromatic amines is 1. The summed E-state index contributed by atoms with van der Waals surface area (Å²) in [6.45, 7) is 4.50. The van der Waals surface area contributed by atoms with Crippen LogP contribution in [-0.4, -0.2) is 53.1 Å². The second kappa shape index (κ2) is 6.98. The predicted octanol–water partition coefficient (Wildman–Crippen LogP) is 3.18. The van der Waals surface area contributed by atoms with Crippen LogP contribution in [-0.2, 0) is 0 Å². The van der Waals surface area contributed by atoms with Crippen molar-refractivity contribution in [3.63, 3.8) is 0 Å². The molecule has 142 valence electrons. The molecule has 0 radical (unpaired) electrons. The SMILES string of the molecule is Cc1cc(N2CCOc3cc(C(=O)N4CCCCC4)[nH]c32)ccc1C(=O)O. The molecule has 1 aromatic carbocycles. The molecule has 0 spiro atoms. The number of ether oxygens (including phenoxy) is 1. The van der Waals surface area contributed by atoms with Gasteiger partial charge in [0.25, 0.3) is 5.91 Å². The molecule has 2 N–H and O–H groups in total. The molecule has 0 aliphatic carbocycles. The van der Waals surface area contributed by atoms with Gasteiger partial charge in [-0.2, -0.15) is 0 Å². The summed E-state index contributed by atoms with van der Waals surface area (Å²) in [5.74, 6) is 0.465. The van der Waals surface area contributed by atoms with Crippen molar-refractivity contribution in [1.82, 2.24) is 9.88 Å². The third-order valence-electron chi connectivity index (χ3n) is 5.23. The Kier molecular flexibility index (Phi) is 4.51. The molecule has 4 rings (SSSR count). The number of hydrogen-bond acceptors (Lipinski definition) is 4. The van der Waals surface area contributed by atoms with E-state index in [0.29, 0.717) is 35.7 Å². The van der Waals surface area contributed by atoms with E-state index in [1.54, 1.807) is 25.1 Å². The van der Waals surface area contributed by atoms with Crippen molar-refractivity contribution in [3.8, 4) is 5.75 Å². The number of fused-ring (bicyclic) bond motifs is 1. The maximum atomic E-state index is 12.8. The molecule has 0 unspecified atom stereocenters. The van der Waals surface area contributed by atoms with Crippen LogP contribution in [0.3, 0.4) is 0 Å². The van der Waals surface area contributed by atoms with E-state index in [9.17, 15) is 14.7 Å². The number of rotatable bonds is 3. The lowest BCUT2D eigenvalue weighted by Crippen LogP contribution is -2.35. The van der Waals surface area contributed by atoms with Gasteiger partial charge in [-0.05, 0) is 49.9 Å². The van der Waals surface area contributed by atoms with Gasteiger partial charge in [0.15, 0.2) is 11.6 Å². The zero-order valence-electron chi connectivity index (χ0n) is 15.3. The Balaban J connectivity index is 1.63. The van der Waals surface area contributed by atoms with Crippen LogP contribution >= 0.6 is 0 Å². The van der Waals surface area contributed by atoms with Gasteiger partial charge in [0.1, 0.15) is 12.3 Å². The number of aryl methyl sites for hydroxylation is 1. The van der Waals surface area contributed by atoms with Gasteiger partial charge in [0.05, 0.1) is 12.1 Å². The third-order valence-corrected chi connectivity index (χ3v) is 5.23. The molecular formula is C20H23N3O4. The van der Waals surface area contributed by atoms with E-state index in [-0.39, 0.29) is 5.91 Å². The van der Waals surface area contributed by atoms with Gasteiger partial charge in [-0.1, -0.05) is 0 Å². The number of nitrogens with zero attached hydrogens (tertiary/aromatic N) is 2. The number of carbonyl (C=O) groups is 2. The third kappa shape index (κ3) is 3.25. The van der Waals surface area contributed by atoms with Crippen molar-refractivity contribution in [2.24, 2.45) is 0 Å². The van der Waals surface area contributed by atoms with E-state index in [1.807, 2.05) is 15.9 Å². The Morgan fingerprint density at radius 1 is 1.11 bits per heavy atom. The molecule has 0 bridgehead atoms. The molecule has 0 saturated carbocycles. The van der Waals surface area contributed by atoms with Crippen LogP contribution in [0.15, 0.2) is 24.3 Å². The van der Waals surface area contributed by atoms with Crippen molar-refractivity contribution in [3.05, 3.63) is 41.1 Å². The molecule has 27 heavy (non-hydrogen) atoms. The zero-order valence-corrected chi connectivity index (χ0v) is 15.3. The van der Waals surface area contributed by atoms with Crippen LogP contribution in [0.1, 0.15) is 45.7 Å². The Morgan fingerprint density at radius 2 is 1.89 bits per heavy atom. The largest absolute Gasteiger partial charge is 0.488 e. The summed E-state index contributed by atoms with van der Waals surface area (Å²) in [7, 11) is 0. The average molecular weight is 369 g/mol. The number of anilines is 2. The summed E-state index contributed by atoms with van der Waals surface area (Å²) in [4.78, 5) is 31.2. The molecule has 1 aromatic heterocycles.